The largest absolute Gasteiger partial charge is 0.485 e. The van der Waals surface area contributed by atoms with Crippen LogP contribution in [0.3, 0.4) is 0 Å². The Hall–Kier alpha value is -1.79. The van der Waals surface area contributed by atoms with Crippen molar-refractivity contribution in [1.29, 1.82) is 5.26 Å². The number of hydrogen-bond donors (Lipinski definition) is 0. The number of nitrogens with zero attached hydrogens (tertiary/aromatic N) is 1. The van der Waals surface area contributed by atoms with E-state index in [1.165, 1.54) is 11.1 Å². The van der Waals surface area contributed by atoms with Gasteiger partial charge in [-0.15, -0.1) is 0 Å². The van der Waals surface area contributed by atoms with Crippen LogP contribution in [0.15, 0.2) is 46.9 Å². The minimum atomic E-state index is 0.101. The Morgan fingerprint density at radius 3 is 2.85 bits per heavy atom. The molecule has 0 spiro atoms. The van der Waals surface area contributed by atoms with Gasteiger partial charge in [0.25, 0.3) is 0 Å². The molecule has 0 bridgehead atoms. The molecule has 0 fully saturated rings. The molecule has 0 saturated carbocycles. The summed E-state index contributed by atoms with van der Waals surface area (Å²) < 4.78 is 6.99. The van der Waals surface area contributed by atoms with E-state index in [1.807, 2.05) is 6.07 Å². The number of benzene rings is 2. The van der Waals surface area contributed by atoms with Gasteiger partial charge in [0.05, 0.1) is 16.1 Å². The summed E-state index contributed by atoms with van der Waals surface area (Å²) in [6, 6.07) is 16.0. The standard InChI is InChI=1S/C17H14BrNO/c18-15-10-12(11-19)8-9-17(15)20-16-7-3-5-13-4-1-2-6-14(13)16/h1-2,4,6,8-10,16H,3,5,7H2. The van der Waals surface area contributed by atoms with E-state index in [0.717, 1.165) is 29.5 Å². The second-order valence-corrected chi connectivity index (χ2v) is 5.81. The van der Waals surface area contributed by atoms with Gasteiger partial charge < -0.3 is 4.74 Å². The maximum Gasteiger partial charge on any atom is 0.134 e. The first-order chi connectivity index (χ1) is 9.78. The second-order valence-electron chi connectivity index (χ2n) is 4.95. The van der Waals surface area contributed by atoms with Gasteiger partial charge in [0, 0.05) is 0 Å². The van der Waals surface area contributed by atoms with Crippen molar-refractivity contribution in [3.05, 3.63) is 63.6 Å². The van der Waals surface area contributed by atoms with Crippen molar-refractivity contribution in [3.8, 4) is 11.8 Å². The van der Waals surface area contributed by atoms with Gasteiger partial charge in [0.15, 0.2) is 0 Å². The van der Waals surface area contributed by atoms with Crippen LogP contribution in [-0.2, 0) is 6.42 Å². The lowest BCUT2D eigenvalue weighted by atomic mass is 9.89. The fourth-order valence-corrected chi connectivity index (χ4v) is 3.12. The number of fused-ring (bicyclic) bond motifs is 1. The van der Waals surface area contributed by atoms with E-state index < -0.39 is 0 Å². The zero-order valence-electron chi connectivity index (χ0n) is 11.0. The molecule has 0 amide bonds. The molecule has 2 aromatic rings. The van der Waals surface area contributed by atoms with Crippen molar-refractivity contribution in [1.82, 2.24) is 0 Å². The Kier molecular flexibility index (Phi) is 3.75. The molecule has 3 rings (SSSR count). The highest BCUT2D eigenvalue weighted by Gasteiger charge is 2.21. The number of hydrogen-bond acceptors (Lipinski definition) is 2. The van der Waals surface area contributed by atoms with E-state index in [2.05, 4.69) is 46.3 Å². The summed E-state index contributed by atoms with van der Waals surface area (Å²) in [6.45, 7) is 0. The smallest absolute Gasteiger partial charge is 0.134 e. The summed E-state index contributed by atoms with van der Waals surface area (Å²) in [6.07, 6.45) is 3.41. The topological polar surface area (TPSA) is 33.0 Å². The lowest BCUT2D eigenvalue weighted by Crippen LogP contribution is -2.15. The Labute approximate surface area is 127 Å². The highest BCUT2D eigenvalue weighted by atomic mass is 79.9. The average molecular weight is 328 g/mol. The number of halogens is 1. The van der Waals surface area contributed by atoms with Crippen LogP contribution in [0.4, 0.5) is 0 Å². The molecule has 0 aromatic heterocycles. The monoisotopic (exact) mass is 327 g/mol. The zero-order chi connectivity index (χ0) is 13.9. The van der Waals surface area contributed by atoms with E-state index in [0.29, 0.717) is 5.56 Å². The fraction of sp³-hybridized carbons (Fsp3) is 0.235. The molecule has 0 N–H and O–H groups in total. The summed E-state index contributed by atoms with van der Waals surface area (Å²) in [5.41, 5.74) is 3.30. The SMILES string of the molecule is N#Cc1ccc(OC2CCCc3ccccc32)c(Br)c1. The third-order valence-corrected chi connectivity index (χ3v) is 4.26. The second kappa shape index (κ2) is 5.68. The molecule has 3 heteroatoms. The molecule has 100 valence electrons. The lowest BCUT2D eigenvalue weighted by Gasteiger charge is -2.26. The number of rotatable bonds is 2. The van der Waals surface area contributed by atoms with E-state index in [4.69, 9.17) is 10.00 Å². The van der Waals surface area contributed by atoms with Crippen molar-refractivity contribution in [2.45, 2.75) is 25.4 Å². The summed E-state index contributed by atoms with van der Waals surface area (Å²) in [5, 5.41) is 8.89. The van der Waals surface area contributed by atoms with Crippen LogP contribution in [0, 0.1) is 11.3 Å². The van der Waals surface area contributed by atoms with Crippen molar-refractivity contribution < 1.29 is 4.74 Å². The molecular formula is C17H14BrNO. The molecule has 0 radical (unpaired) electrons. The van der Waals surface area contributed by atoms with Gasteiger partial charge in [-0.1, -0.05) is 24.3 Å². The van der Waals surface area contributed by atoms with Crippen LogP contribution in [0.25, 0.3) is 0 Å². The predicted octanol–water partition coefficient (Wildman–Crippen LogP) is 4.78. The van der Waals surface area contributed by atoms with Gasteiger partial charge in [-0.05, 0) is 64.5 Å². The minimum absolute atomic E-state index is 0.101. The van der Waals surface area contributed by atoms with E-state index in [-0.39, 0.29) is 6.10 Å². The highest BCUT2D eigenvalue weighted by Crippen LogP contribution is 2.36. The normalized spacial score (nSPS) is 17.1. The van der Waals surface area contributed by atoms with Crippen molar-refractivity contribution >= 4 is 15.9 Å². The van der Waals surface area contributed by atoms with Gasteiger partial charge in [0.2, 0.25) is 0 Å². The third-order valence-electron chi connectivity index (χ3n) is 3.64. The number of nitriles is 1. The summed E-state index contributed by atoms with van der Waals surface area (Å²) in [5.74, 6) is 0.797. The summed E-state index contributed by atoms with van der Waals surface area (Å²) in [4.78, 5) is 0. The van der Waals surface area contributed by atoms with E-state index in [9.17, 15) is 0 Å². The molecule has 0 aliphatic heterocycles. The Bertz CT molecular complexity index is 675. The molecule has 1 aliphatic rings. The van der Waals surface area contributed by atoms with Gasteiger partial charge >= 0.3 is 0 Å². The van der Waals surface area contributed by atoms with Crippen LogP contribution < -0.4 is 4.74 Å². The van der Waals surface area contributed by atoms with Crippen LogP contribution >= 0.6 is 15.9 Å². The Morgan fingerprint density at radius 2 is 2.05 bits per heavy atom. The van der Waals surface area contributed by atoms with Crippen LogP contribution in [0.2, 0.25) is 0 Å². The fourth-order valence-electron chi connectivity index (χ4n) is 2.65. The van der Waals surface area contributed by atoms with Gasteiger partial charge in [0.1, 0.15) is 11.9 Å². The molecule has 20 heavy (non-hydrogen) atoms. The van der Waals surface area contributed by atoms with Crippen LogP contribution in [0.1, 0.15) is 35.6 Å². The Morgan fingerprint density at radius 1 is 1.20 bits per heavy atom. The first-order valence-corrected chi connectivity index (χ1v) is 7.51. The predicted molar refractivity (Wildman–Crippen MR) is 81.6 cm³/mol. The summed E-state index contributed by atoms with van der Waals surface area (Å²) >= 11 is 3.48. The quantitative estimate of drug-likeness (QED) is 0.795. The van der Waals surface area contributed by atoms with Crippen molar-refractivity contribution in [2.24, 2.45) is 0 Å². The molecule has 1 unspecified atom stereocenters. The Balaban J connectivity index is 1.88. The molecule has 2 nitrogen and oxygen atoms in total. The van der Waals surface area contributed by atoms with Gasteiger partial charge in [-0.25, -0.2) is 0 Å². The zero-order valence-corrected chi connectivity index (χ0v) is 12.6. The van der Waals surface area contributed by atoms with Crippen molar-refractivity contribution in [2.75, 3.05) is 0 Å². The summed E-state index contributed by atoms with van der Waals surface area (Å²) in [7, 11) is 0. The number of aryl methyl sites for hydroxylation is 1. The molecular weight excluding hydrogens is 314 g/mol. The molecule has 1 atom stereocenters. The highest BCUT2D eigenvalue weighted by molar-refractivity contribution is 9.10. The molecule has 2 aromatic carbocycles. The minimum Gasteiger partial charge on any atom is -0.485 e. The number of ether oxygens (including phenoxy) is 1. The third kappa shape index (κ3) is 2.57. The first kappa shape index (κ1) is 13.2. The lowest BCUT2D eigenvalue weighted by molar-refractivity contribution is 0.182. The average Bonchev–Trinajstić information content (AvgIpc) is 2.49. The maximum absolute atomic E-state index is 8.89. The van der Waals surface area contributed by atoms with Gasteiger partial charge in [-0.3, -0.25) is 0 Å². The van der Waals surface area contributed by atoms with E-state index in [1.54, 1.807) is 12.1 Å². The first-order valence-electron chi connectivity index (χ1n) is 6.72. The molecule has 1 aliphatic carbocycles. The van der Waals surface area contributed by atoms with Gasteiger partial charge in [-0.2, -0.15) is 5.26 Å². The van der Waals surface area contributed by atoms with Crippen LogP contribution in [-0.4, -0.2) is 0 Å². The molecule has 0 heterocycles. The van der Waals surface area contributed by atoms with Crippen molar-refractivity contribution in [3.63, 3.8) is 0 Å². The van der Waals surface area contributed by atoms with E-state index >= 15 is 0 Å². The molecule has 0 saturated heterocycles. The maximum atomic E-state index is 8.89. The van der Waals surface area contributed by atoms with Crippen LogP contribution in [0.5, 0.6) is 5.75 Å².